The molecule has 0 unspecified atom stereocenters. The van der Waals surface area contributed by atoms with Crippen molar-refractivity contribution >= 4 is 17.5 Å². The van der Waals surface area contributed by atoms with Gasteiger partial charge in [-0.15, -0.1) is 0 Å². The van der Waals surface area contributed by atoms with Gasteiger partial charge >= 0.3 is 0 Å². The fourth-order valence-electron chi connectivity index (χ4n) is 1.71. The predicted octanol–water partition coefficient (Wildman–Crippen LogP) is 3.34. The summed E-state index contributed by atoms with van der Waals surface area (Å²) in [4.78, 5) is 11.7. The topological polar surface area (TPSA) is 38.3 Å². The first-order chi connectivity index (χ1) is 9.63. The van der Waals surface area contributed by atoms with Gasteiger partial charge in [0.05, 0.1) is 0 Å². The summed E-state index contributed by atoms with van der Waals surface area (Å²) in [6.07, 6.45) is 0. The van der Waals surface area contributed by atoms with E-state index in [9.17, 15) is 4.79 Å². The SMILES string of the molecule is Cc1cccc(OCC(=O)NCc2ccc(Cl)cc2)c1. The van der Waals surface area contributed by atoms with Gasteiger partial charge in [-0.3, -0.25) is 4.79 Å². The Bertz CT molecular complexity index is 581. The van der Waals surface area contributed by atoms with Crippen molar-refractivity contribution in [1.82, 2.24) is 5.32 Å². The van der Waals surface area contributed by atoms with Crippen LogP contribution in [-0.2, 0) is 11.3 Å². The van der Waals surface area contributed by atoms with Crippen LogP contribution in [0.25, 0.3) is 0 Å². The van der Waals surface area contributed by atoms with Gasteiger partial charge in [-0.05, 0) is 42.3 Å². The molecule has 0 saturated heterocycles. The molecular formula is C16H16ClNO2. The highest BCUT2D eigenvalue weighted by molar-refractivity contribution is 6.30. The molecule has 0 spiro atoms. The number of carbonyl (C=O) groups is 1. The Morgan fingerprint density at radius 3 is 2.65 bits per heavy atom. The van der Waals surface area contributed by atoms with Crippen molar-refractivity contribution in [3.63, 3.8) is 0 Å². The predicted molar refractivity (Wildman–Crippen MR) is 80.0 cm³/mol. The standard InChI is InChI=1S/C16H16ClNO2/c1-12-3-2-4-15(9-12)20-11-16(19)18-10-13-5-7-14(17)8-6-13/h2-9H,10-11H2,1H3,(H,18,19). The second-order valence-corrected chi connectivity index (χ2v) is 4.94. The molecule has 0 bridgehead atoms. The molecule has 2 aromatic carbocycles. The summed E-state index contributed by atoms with van der Waals surface area (Å²) in [5.74, 6) is 0.549. The first kappa shape index (κ1) is 14.4. The summed E-state index contributed by atoms with van der Waals surface area (Å²) < 4.78 is 5.42. The molecule has 3 nitrogen and oxygen atoms in total. The third-order valence-electron chi connectivity index (χ3n) is 2.76. The molecule has 0 saturated carbocycles. The zero-order valence-corrected chi connectivity index (χ0v) is 12.0. The van der Waals surface area contributed by atoms with Crippen molar-refractivity contribution in [2.24, 2.45) is 0 Å². The number of hydrogen-bond acceptors (Lipinski definition) is 2. The molecule has 0 heterocycles. The van der Waals surface area contributed by atoms with Crippen LogP contribution in [0.1, 0.15) is 11.1 Å². The van der Waals surface area contributed by atoms with Crippen LogP contribution in [0.15, 0.2) is 48.5 Å². The molecule has 0 aromatic heterocycles. The Morgan fingerprint density at radius 2 is 1.95 bits per heavy atom. The first-order valence-electron chi connectivity index (χ1n) is 6.34. The number of ether oxygens (including phenoxy) is 1. The van der Waals surface area contributed by atoms with E-state index in [2.05, 4.69) is 5.32 Å². The lowest BCUT2D eigenvalue weighted by atomic mass is 10.2. The minimum absolute atomic E-state index is 0.0110. The van der Waals surface area contributed by atoms with Crippen LogP contribution in [0.5, 0.6) is 5.75 Å². The second kappa shape index (κ2) is 6.96. The van der Waals surface area contributed by atoms with Gasteiger partial charge in [-0.1, -0.05) is 35.9 Å². The smallest absolute Gasteiger partial charge is 0.258 e. The van der Waals surface area contributed by atoms with E-state index in [4.69, 9.17) is 16.3 Å². The Morgan fingerprint density at radius 1 is 1.20 bits per heavy atom. The first-order valence-corrected chi connectivity index (χ1v) is 6.72. The van der Waals surface area contributed by atoms with Gasteiger partial charge in [-0.2, -0.15) is 0 Å². The largest absolute Gasteiger partial charge is 0.484 e. The zero-order chi connectivity index (χ0) is 14.4. The van der Waals surface area contributed by atoms with Crippen LogP contribution in [0.3, 0.4) is 0 Å². The molecule has 0 aliphatic rings. The summed E-state index contributed by atoms with van der Waals surface area (Å²) in [5, 5.41) is 3.48. The number of aryl methyl sites for hydroxylation is 1. The zero-order valence-electron chi connectivity index (χ0n) is 11.2. The summed E-state index contributed by atoms with van der Waals surface area (Å²) in [5.41, 5.74) is 2.10. The Balaban J connectivity index is 1.77. The fraction of sp³-hybridized carbons (Fsp3) is 0.188. The molecule has 104 valence electrons. The Kier molecular flexibility index (Phi) is 5.02. The summed E-state index contributed by atoms with van der Waals surface area (Å²) in [6, 6.07) is 15.0. The highest BCUT2D eigenvalue weighted by Crippen LogP contribution is 2.12. The maximum Gasteiger partial charge on any atom is 0.258 e. The van der Waals surface area contributed by atoms with E-state index in [0.29, 0.717) is 17.3 Å². The molecular weight excluding hydrogens is 274 g/mol. The van der Waals surface area contributed by atoms with E-state index < -0.39 is 0 Å². The Labute approximate surface area is 123 Å². The molecule has 0 fully saturated rings. The third-order valence-corrected chi connectivity index (χ3v) is 3.01. The van der Waals surface area contributed by atoms with Crippen molar-refractivity contribution < 1.29 is 9.53 Å². The molecule has 0 radical (unpaired) electrons. The molecule has 2 rings (SSSR count). The average molecular weight is 290 g/mol. The van der Waals surface area contributed by atoms with Crippen LogP contribution >= 0.6 is 11.6 Å². The highest BCUT2D eigenvalue weighted by Gasteiger charge is 2.03. The van der Waals surface area contributed by atoms with Crippen molar-refractivity contribution in [3.8, 4) is 5.75 Å². The van der Waals surface area contributed by atoms with Crippen LogP contribution in [0.2, 0.25) is 5.02 Å². The van der Waals surface area contributed by atoms with E-state index in [0.717, 1.165) is 11.1 Å². The van der Waals surface area contributed by atoms with Crippen molar-refractivity contribution in [3.05, 3.63) is 64.7 Å². The van der Waals surface area contributed by atoms with Crippen molar-refractivity contribution in [1.29, 1.82) is 0 Å². The molecule has 20 heavy (non-hydrogen) atoms. The van der Waals surface area contributed by atoms with Crippen LogP contribution in [0.4, 0.5) is 0 Å². The normalized spacial score (nSPS) is 10.1. The number of nitrogens with one attached hydrogen (secondary N) is 1. The van der Waals surface area contributed by atoms with Gasteiger partial charge in [0, 0.05) is 11.6 Å². The third kappa shape index (κ3) is 4.59. The number of halogens is 1. The summed E-state index contributed by atoms with van der Waals surface area (Å²) in [6.45, 7) is 2.46. The molecule has 2 aromatic rings. The molecule has 4 heteroatoms. The minimum Gasteiger partial charge on any atom is -0.484 e. The van der Waals surface area contributed by atoms with E-state index in [1.54, 1.807) is 12.1 Å². The van der Waals surface area contributed by atoms with E-state index >= 15 is 0 Å². The number of rotatable bonds is 5. The maximum absolute atomic E-state index is 11.7. The summed E-state index contributed by atoms with van der Waals surface area (Å²) in [7, 11) is 0. The van der Waals surface area contributed by atoms with E-state index in [-0.39, 0.29) is 12.5 Å². The van der Waals surface area contributed by atoms with Gasteiger partial charge in [0.1, 0.15) is 5.75 Å². The molecule has 0 atom stereocenters. The fourth-order valence-corrected chi connectivity index (χ4v) is 1.83. The average Bonchev–Trinajstić information content (AvgIpc) is 2.45. The number of carbonyl (C=O) groups excluding carboxylic acids is 1. The maximum atomic E-state index is 11.7. The van der Waals surface area contributed by atoms with Gasteiger partial charge in [0.15, 0.2) is 6.61 Å². The number of amides is 1. The van der Waals surface area contributed by atoms with E-state index in [1.165, 1.54) is 0 Å². The van der Waals surface area contributed by atoms with Gasteiger partial charge in [0.25, 0.3) is 5.91 Å². The summed E-state index contributed by atoms with van der Waals surface area (Å²) >= 11 is 5.80. The van der Waals surface area contributed by atoms with Gasteiger partial charge in [-0.25, -0.2) is 0 Å². The van der Waals surface area contributed by atoms with Gasteiger partial charge in [0.2, 0.25) is 0 Å². The van der Waals surface area contributed by atoms with Crippen LogP contribution in [0, 0.1) is 6.92 Å². The molecule has 1 N–H and O–H groups in total. The minimum atomic E-state index is -0.151. The lowest BCUT2D eigenvalue weighted by Crippen LogP contribution is -2.28. The second-order valence-electron chi connectivity index (χ2n) is 4.51. The lowest BCUT2D eigenvalue weighted by Gasteiger charge is -2.08. The van der Waals surface area contributed by atoms with Gasteiger partial charge < -0.3 is 10.1 Å². The van der Waals surface area contributed by atoms with E-state index in [1.807, 2.05) is 43.3 Å². The monoisotopic (exact) mass is 289 g/mol. The molecule has 0 aliphatic carbocycles. The van der Waals surface area contributed by atoms with Crippen molar-refractivity contribution in [2.75, 3.05) is 6.61 Å². The van der Waals surface area contributed by atoms with Crippen molar-refractivity contribution in [2.45, 2.75) is 13.5 Å². The number of benzene rings is 2. The van der Waals surface area contributed by atoms with Crippen LogP contribution < -0.4 is 10.1 Å². The van der Waals surface area contributed by atoms with Crippen LogP contribution in [-0.4, -0.2) is 12.5 Å². The quantitative estimate of drug-likeness (QED) is 0.917. The number of hydrogen-bond donors (Lipinski definition) is 1. The highest BCUT2D eigenvalue weighted by atomic mass is 35.5. The molecule has 0 aliphatic heterocycles. The lowest BCUT2D eigenvalue weighted by molar-refractivity contribution is -0.123. The Hall–Kier alpha value is -2.00. The molecule has 1 amide bonds.